The summed E-state index contributed by atoms with van der Waals surface area (Å²) in [6, 6.07) is 14.8. The quantitative estimate of drug-likeness (QED) is 0.738. The minimum Gasteiger partial charge on any atom is -0.497 e. The van der Waals surface area contributed by atoms with Crippen LogP contribution in [0.15, 0.2) is 54.3 Å². The number of ether oxygens (including phenoxy) is 2. The van der Waals surface area contributed by atoms with Crippen molar-refractivity contribution in [1.29, 1.82) is 0 Å². The lowest BCUT2D eigenvalue weighted by atomic mass is 9.87. The number of nitrogens with zero attached hydrogens (tertiary/aromatic N) is 1. The zero-order chi connectivity index (χ0) is 21.8. The first kappa shape index (κ1) is 21.0. The highest BCUT2D eigenvalue weighted by Crippen LogP contribution is 2.35. The summed E-state index contributed by atoms with van der Waals surface area (Å²) in [5.74, 6) is 1.71. The van der Waals surface area contributed by atoms with Crippen molar-refractivity contribution >= 4 is 23.6 Å². The lowest BCUT2D eigenvalue weighted by molar-refractivity contribution is -0.124. The molecule has 2 aliphatic rings. The van der Waals surface area contributed by atoms with E-state index >= 15 is 0 Å². The third kappa shape index (κ3) is 4.90. The third-order valence-electron chi connectivity index (χ3n) is 5.93. The molecule has 0 unspecified atom stereocenters. The molecule has 1 saturated carbocycles. The maximum atomic E-state index is 13.2. The van der Waals surface area contributed by atoms with Crippen molar-refractivity contribution < 1.29 is 19.1 Å². The fourth-order valence-corrected chi connectivity index (χ4v) is 4.09. The van der Waals surface area contributed by atoms with E-state index in [1.54, 1.807) is 25.3 Å². The Balaban J connectivity index is 1.53. The van der Waals surface area contributed by atoms with Crippen molar-refractivity contribution in [2.24, 2.45) is 5.92 Å². The van der Waals surface area contributed by atoms with Crippen LogP contribution in [0.4, 0.5) is 5.69 Å². The van der Waals surface area contributed by atoms with Gasteiger partial charge in [0.15, 0.2) is 11.5 Å². The van der Waals surface area contributed by atoms with Gasteiger partial charge in [0.05, 0.1) is 12.8 Å². The summed E-state index contributed by atoms with van der Waals surface area (Å²) < 4.78 is 11.1. The number of carbonyl (C=O) groups excluding carboxylic acids is 2. The Bertz CT molecular complexity index is 975. The largest absolute Gasteiger partial charge is 0.497 e. The van der Waals surface area contributed by atoms with E-state index in [0.29, 0.717) is 17.4 Å². The maximum absolute atomic E-state index is 13.2. The smallest absolute Gasteiger partial charge is 0.294 e. The van der Waals surface area contributed by atoms with Gasteiger partial charge in [-0.1, -0.05) is 31.2 Å². The number of hydrogen-bond donors (Lipinski definition) is 1. The van der Waals surface area contributed by atoms with E-state index in [-0.39, 0.29) is 30.2 Å². The van der Waals surface area contributed by atoms with Crippen LogP contribution in [0.3, 0.4) is 0 Å². The zero-order valence-electron chi connectivity index (χ0n) is 18.0. The zero-order valence-corrected chi connectivity index (χ0v) is 18.0. The monoisotopic (exact) mass is 420 g/mol. The first-order valence-electron chi connectivity index (χ1n) is 10.8. The molecule has 1 N–H and O–H groups in total. The number of methoxy groups -OCH3 is 1. The molecular weight excluding hydrogens is 392 g/mol. The predicted molar refractivity (Wildman–Crippen MR) is 120 cm³/mol. The Hall–Kier alpha value is -3.28. The van der Waals surface area contributed by atoms with Crippen LogP contribution in [0, 0.1) is 5.92 Å². The van der Waals surface area contributed by atoms with Crippen LogP contribution in [-0.4, -0.2) is 31.5 Å². The second-order valence-corrected chi connectivity index (χ2v) is 8.27. The van der Waals surface area contributed by atoms with E-state index in [9.17, 15) is 9.59 Å². The number of fused-ring (bicyclic) bond motifs is 1. The van der Waals surface area contributed by atoms with Crippen molar-refractivity contribution in [3.05, 3.63) is 59.9 Å². The first-order valence-corrected chi connectivity index (χ1v) is 10.8. The van der Waals surface area contributed by atoms with Crippen LogP contribution in [-0.2, 0) is 9.59 Å². The normalized spacial score (nSPS) is 21.9. The van der Waals surface area contributed by atoms with Gasteiger partial charge in [0.2, 0.25) is 5.91 Å². The molecule has 1 aliphatic carbocycles. The fraction of sp³-hybridized carbons (Fsp3) is 0.360. The minimum absolute atomic E-state index is 0.0365. The number of nitrogens with one attached hydrogen (secondary N) is 1. The standard InChI is InChI=1S/C25H28N2O4/c1-17-7-11-19(12-8-17)26-24(28)16-27-21-5-3-4-6-22(21)31-23(25(27)29)15-18-9-13-20(30-2)14-10-18/h3-6,9-10,13-15,17,19H,7-8,11-12,16H2,1-2H3,(H,26,28)/b23-15-. The molecule has 1 fully saturated rings. The van der Waals surface area contributed by atoms with Crippen LogP contribution in [0.1, 0.15) is 38.2 Å². The molecule has 0 spiro atoms. The molecular formula is C25H28N2O4. The van der Waals surface area contributed by atoms with E-state index < -0.39 is 0 Å². The molecule has 0 saturated heterocycles. The molecule has 1 aliphatic heterocycles. The van der Waals surface area contributed by atoms with Gasteiger partial charge in [-0.25, -0.2) is 0 Å². The highest BCUT2D eigenvalue weighted by molar-refractivity contribution is 6.12. The van der Waals surface area contributed by atoms with Gasteiger partial charge < -0.3 is 14.8 Å². The van der Waals surface area contributed by atoms with Crippen LogP contribution >= 0.6 is 0 Å². The van der Waals surface area contributed by atoms with Gasteiger partial charge in [-0.2, -0.15) is 0 Å². The summed E-state index contributed by atoms with van der Waals surface area (Å²) in [4.78, 5) is 27.5. The second kappa shape index (κ2) is 9.25. The molecule has 4 rings (SSSR count). The average Bonchev–Trinajstić information content (AvgIpc) is 2.78. The first-order chi connectivity index (χ1) is 15.0. The van der Waals surface area contributed by atoms with Crippen molar-refractivity contribution in [2.45, 2.75) is 38.6 Å². The minimum atomic E-state index is -0.332. The van der Waals surface area contributed by atoms with Crippen LogP contribution in [0.5, 0.6) is 11.5 Å². The lowest BCUT2D eigenvalue weighted by Gasteiger charge is -2.31. The van der Waals surface area contributed by atoms with Crippen molar-refractivity contribution in [1.82, 2.24) is 5.32 Å². The molecule has 2 aromatic carbocycles. The predicted octanol–water partition coefficient (Wildman–Crippen LogP) is 4.16. The van der Waals surface area contributed by atoms with E-state index in [0.717, 1.165) is 37.0 Å². The topological polar surface area (TPSA) is 67.9 Å². The molecule has 1 heterocycles. The van der Waals surface area contributed by atoms with Gasteiger partial charge >= 0.3 is 0 Å². The Labute approximate surface area is 182 Å². The van der Waals surface area contributed by atoms with E-state index in [1.807, 2.05) is 36.4 Å². The maximum Gasteiger partial charge on any atom is 0.294 e. The van der Waals surface area contributed by atoms with Gasteiger partial charge in [-0.15, -0.1) is 0 Å². The summed E-state index contributed by atoms with van der Waals surface area (Å²) in [6.45, 7) is 2.21. The summed E-state index contributed by atoms with van der Waals surface area (Å²) in [6.07, 6.45) is 5.91. The molecule has 2 aromatic rings. The number of hydrogen-bond acceptors (Lipinski definition) is 4. The Morgan fingerprint density at radius 2 is 1.84 bits per heavy atom. The number of anilines is 1. The molecule has 0 aromatic heterocycles. The molecule has 0 bridgehead atoms. The van der Waals surface area contributed by atoms with Gasteiger partial charge in [0, 0.05) is 6.04 Å². The van der Waals surface area contributed by atoms with E-state index in [1.165, 1.54) is 4.90 Å². The summed E-state index contributed by atoms with van der Waals surface area (Å²) >= 11 is 0. The summed E-state index contributed by atoms with van der Waals surface area (Å²) in [5.41, 5.74) is 1.41. The molecule has 6 nitrogen and oxygen atoms in total. The molecule has 0 atom stereocenters. The highest BCUT2D eigenvalue weighted by Gasteiger charge is 2.32. The van der Waals surface area contributed by atoms with E-state index in [2.05, 4.69) is 12.2 Å². The van der Waals surface area contributed by atoms with Gasteiger partial charge in [-0.3, -0.25) is 14.5 Å². The van der Waals surface area contributed by atoms with Crippen molar-refractivity contribution in [3.63, 3.8) is 0 Å². The van der Waals surface area contributed by atoms with Gasteiger partial charge in [0.1, 0.15) is 12.3 Å². The van der Waals surface area contributed by atoms with Gasteiger partial charge in [0.25, 0.3) is 5.91 Å². The van der Waals surface area contributed by atoms with Crippen LogP contribution in [0.2, 0.25) is 0 Å². The lowest BCUT2D eigenvalue weighted by Crippen LogP contribution is -2.47. The Kier molecular flexibility index (Phi) is 6.26. The average molecular weight is 421 g/mol. The molecule has 2 amide bonds. The summed E-state index contributed by atoms with van der Waals surface area (Å²) in [5, 5.41) is 3.11. The van der Waals surface area contributed by atoms with Crippen LogP contribution in [0.25, 0.3) is 6.08 Å². The molecule has 6 heteroatoms. The Morgan fingerprint density at radius 3 is 2.55 bits per heavy atom. The van der Waals surface area contributed by atoms with E-state index in [4.69, 9.17) is 9.47 Å². The number of amides is 2. The third-order valence-corrected chi connectivity index (χ3v) is 5.93. The Morgan fingerprint density at radius 1 is 1.13 bits per heavy atom. The fourth-order valence-electron chi connectivity index (χ4n) is 4.09. The number of rotatable bonds is 5. The second-order valence-electron chi connectivity index (χ2n) is 8.27. The highest BCUT2D eigenvalue weighted by atomic mass is 16.5. The SMILES string of the molecule is COc1ccc(/C=C2\Oc3ccccc3N(CC(=O)NC3CCC(C)CC3)C2=O)cc1. The van der Waals surface area contributed by atoms with Crippen LogP contribution < -0.4 is 19.7 Å². The number of carbonyl (C=O) groups is 2. The van der Waals surface area contributed by atoms with Gasteiger partial charge in [-0.05, 0) is 67.5 Å². The van der Waals surface area contributed by atoms with Crippen molar-refractivity contribution in [2.75, 3.05) is 18.6 Å². The van der Waals surface area contributed by atoms with Crippen molar-refractivity contribution in [3.8, 4) is 11.5 Å². The molecule has 162 valence electrons. The summed E-state index contributed by atoms with van der Waals surface area (Å²) in [7, 11) is 1.61. The molecule has 31 heavy (non-hydrogen) atoms. The number of para-hydroxylation sites is 2. The molecule has 0 radical (unpaired) electrons. The number of benzene rings is 2.